The van der Waals surface area contributed by atoms with E-state index in [-0.39, 0.29) is 21.7 Å². The Morgan fingerprint density at radius 2 is 0.894 bits per heavy atom. The zero-order valence-corrected chi connectivity index (χ0v) is 29.4. The Morgan fingerprint density at radius 3 is 1.15 bits per heavy atom. The number of halogens is 4. The predicted molar refractivity (Wildman–Crippen MR) is 180 cm³/mol. The van der Waals surface area contributed by atoms with Gasteiger partial charge in [0.05, 0.1) is 0 Å². The molecule has 244 valence electrons. The van der Waals surface area contributed by atoms with Crippen molar-refractivity contribution in [1.29, 1.82) is 0 Å². The molecule has 0 bridgehead atoms. The SMILES string of the molecule is Cc1ccc(CC(C)C)n1-c1ccc(F)[c-]c1F.Cc1ccc(CC(C)C)n1-c1ccc(F)[c-]c1F.[Ti+4].c1cc[cH-]c1.c1cc[cH-]c1. The fraction of sp³-hybridized carbons (Fsp3) is 0.250. The van der Waals surface area contributed by atoms with Gasteiger partial charge in [-0.1, -0.05) is 27.7 Å². The van der Waals surface area contributed by atoms with Gasteiger partial charge in [0.1, 0.15) is 0 Å². The van der Waals surface area contributed by atoms with E-state index in [4.69, 9.17) is 0 Å². The van der Waals surface area contributed by atoms with E-state index in [1.165, 1.54) is 24.3 Å². The van der Waals surface area contributed by atoms with Crippen LogP contribution in [0, 0.1) is 61.1 Å². The van der Waals surface area contributed by atoms with Crippen molar-refractivity contribution in [2.75, 3.05) is 0 Å². The molecular formula is C40H42F4N2Ti. The Kier molecular flexibility index (Phi) is 16.5. The van der Waals surface area contributed by atoms with Crippen molar-refractivity contribution in [2.24, 2.45) is 11.8 Å². The standard InChI is InChI=1S/2C15H16F2N.2C5H5.Ti/c2*1-10(2)8-13-6-4-11(3)18(13)15-7-5-12(16)9-14(15)17;2*1-2-4-5-3-1;/h2*4-7,10H,8H2,1-3H3;2*1-5H;/q4*-1;+4. The van der Waals surface area contributed by atoms with Crippen LogP contribution in [0.3, 0.4) is 0 Å². The molecule has 0 saturated carbocycles. The van der Waals surface area contributed by atoms with Gasteiger partial charge in [-0.15, -0.1) is 36.4 Å². The fourth-order valence-corrected chi connectivity index (χ4v) is 4.89. The first-order valence-electron chi connectivity index (χ1n) is 15.4. The second-order valence-corrected chi connectivity index (χ2v) is 11.7. The smallest absolute Gasteiger partial charge is 0.370 e. The largest absolute Gasteiger partial charge is 4.00 e. The molecule has 0 spiro atoms. The van der Waals surface area contributed by atoms with Crippen LogP contribution in [0.4, 0.5) is 17.6 Å². The molecule has 0 unspecified atom stereocenters. The molecule has 4 aromatic carbocycles. The van der Waals surface area contributed by atoms with E-state index >= 15 is 0 Å². The monoisotopic (exact) mass is 674 g/mol. The number of hydrogen-bond donors (Lipinski definition) is 0. The minimum atomic E-state index is -0.675. The van der Waals surface area contributed by atoms with Gasteiger partial charge in [-0.3, -0.25) is 0 Å². The summed E-state index contributed by atoms with van der Waals surface area (Å²) in [4.78, 5) is 0. The Bertz CT molecular complexity index is 1550. The van der Waals surface area contributed by atoms with Gasteiger partial charge in [-0.25, -0.2) is 41.8 Å². The summed E-state index contributed by atoms with van der Waals surface area (Å²) in [5.74, 6) is -1.70. The van der Waals surface area contributed by atoms with Crippen molar-refractivity contribution >= 4 is 0 Å². The Morgan fingerprint density at radius 1 is 0.553 bits per heavy atom. The van der Waals surface area contributed by atoms with Gasteiger partial charge in [-0.2, -0.15) is 36.4 Å². The molecule has 0 radical (unpaired) electrons. The summed E-state index contributed by atoms with van der Waals surface area (Å²) in [6, 6.07) is 37.4. The van der Waals surface area contributed by atoms with Gasteiger partial charge in [0.15, 0.2) is 0 Å². The Labute approximate surface area is 292 Å². The van der Waals surface area contributed by atoms with Gasteiger partial charge in [0.25, 0.3) is 0 Å². The van der Waals surface area contributed by atoms with Crippen molar-refractivity contribution in [3.63, 3.8) is 0 Å². The van der Waals surface area contributed by atoms with E-state index in [1.807, 2.05) is 108 Å². The molecule has 0 aliphatic rings. The quantitative estimate of drug-likeness (QED) is 0.0946. The topological polar surface area (TPSA) is 9.86 Å². The van der Waals surface area contributed by atoms with Crippen molar-refractivity contribution in [1.82, 2.24) is 9.13 Å². The van der Waals surface area contributed by atoms with Crippen LogP contribution in [-0.4, -0.2) is 9.13 Å². The second-order valence-electron chi connectivity index (χ2n) is 11.7. The van der Waals surface area contributed by atoms with Gasteiger partial charge < -0.3 is 9.13 Å². The molecule has 0 atom stereocenters. The molecule has 7 heteroatoms. The summed E-state index contributed by atoms with van der Waals surface area (Å²) < 4.78 is 57.0. The average molecular weight is 675 g/mol. The van der Waals surface area contributed by atoms with Crippen LogP contribution in [0.1, 0.15) is 50.5 Å². The summed E-state index contributed by atoms with van der Waals surface area (Å²) in [5, 5.41) is 0. The molecular weight excluding hydrogens is 632 g/mol. The van der Waals surface area contributed by atoms with Gasteiger partial charge in [-0.05, 0) is 74.2 Å². The first-order valence-corrected chi connectivity index (χ1v) is 15.4. The van der Waals surface area contributed by atoms with Crippen LogP contribution >= 0.6 is 0 Å². The van der Waals surface area contributed by atoms with E-state index < -0.39 is 23.3 Å². The summed E-state index contributed by atoms with van der Waals surface area (Å²) in [6.07, 6.45) is 1.70. The predicted octanol–water partition coefficient (Wildman–Crippen LogP) is 10.9. The molecule has 0 fully saturated rings. The maximum atomic E-state index is 13.8. The van der Waals surface area contributed by atoms with Crippen LogP contribution < -0.4 is 0 Å². The van der Waals surface area contributed by atoms with E-state index in [1.54, 1.807) is 0 Å². The maximum Gasteiger partial charge on any atom is 4.00 e. The van der Waals surface area contributed by atoms with Crippen molar-refractivity contribution in [3.05, 3.63) is 167 Å². The normalized spacial score (nSPS) is 10.3. The molecule has 0 aliphatic carbocycles. The Hall–Kier alpha value is -3.87. The van der Waals surface area contributed by atoms with E-state index in [9.17, 15) is 17.6 Å². The molecule has 6 aromatic rings. The molecule has 2 heterocycles. The number of aryl methyl sites for hydroxylation is 2. The molecule has 0 N–H and O–H groups in total. The maximum absolute atomic E-state index is 13.8. The molecule has 2 nitrogen and oxygen atoms in total. The van der Waals surface area contributed by atoms with Crippen molar-refractivity contribution in [2.45, 2.75) is 54.4 Å². The third kappa shape index (κ3) is 12.3. The zero-order chi connectivity index (χ0) is 33.6. The van der Waals surface area contributed by atoms with Gasteiger partial charge in [0.2, 0.25) is 0 Å². The van der Waals surface area contributed by atoms with Crippen LogP contribution in [-0.2, 0) is 34.6 Å². The Balaban J connectivity index is 0.000000248. The molecule has 47 heavy (non-hydrogen) atoms. The van der Waals surface area contributed by atoms with Crippen LogP contribution in [0.25, 0.3) is 11.4 Å². The molecule has 0 saturated heterocycles. The zero-order valence-electron chi connectivity index (χ0n) is 27.9. The third-order valence-electron chi connectivity index (χ3n) is 6.82. The first-order chi connectivity index (χ1) is 22.0. The van der Waals surface area contributed by atoms with Crippen LogP contribution in [0.2, 0.25) is 0 Å². The summed E-state index contributed by atoms with van der Waals surface area (Å²) in [6.45, 7) is 12.3. The van der Waals surface area contributed by atoms with Crippen molar-refractivity contribution in [3.8, 4) is 11.4 Å². The molecule has 6 rings (SSSR count). The third-order valence-corrected chi connectivity index (χ3v) is 6.82. The molecule has 2 aromatic heterocycles. The number of rotatable bonds is 6. The van der Waals surface area contributed by atoms with Gasteiger partial charge >= 0.3 is 21.7 Å². The molecule has 0 aliphatic heterocycles. The molecule has 0 amide bonds. The number of aromatic nitrogens is 2. The number of benzene rings is 2. The van der Waals surface area contributed by atoms with E-state index in [0.29, 0.717) is 23.2 Å². The van der Waals surface area contributed by atoms with E-state index in [0.717, 1.165) is 35.6 Å². The summed E-state index contributed by atoms with van der Waals surface area (Å²) >= 11 is 0. The first kappa shape index (κ1) is 39.3. The van der Waals surface area contributed by atoms with Crippen LogP contribution in [0.15, 0.2) is 109 Å². The average Bonchev–Trinajstić information content (AvgIpc) is 3.82. The minimum Gasteiger partial charge on any atom is -0.370 e. The number of hydrogen-bond acceptors (Lipinski definition) is 0. The van der Waals surface area contributed by atoms with Crippen molar-refractivity contribution < 1.29 is 39.3 Å². The van der Waals surface area contributed by atoms with Gasteiger partial charge in [0, 0.05) is 46.0 Å². The van der Waals surface area contributed by atoms with Crippen LogP contribution in [0.5, 0.6) is 0 Å². The number of nitrogens with zero attached hydrogens (tertiary/aromatic N) is 2. The van der Waals surface area contributed by atoms with E-state index in [2.05, 4.69) is 39.8 Å². The summed E-state index contributed by atoms with van der Waals surface area (Å²) in [5.41, 5.74) is 4.64. The second kappa shape index (κ2) is 19.7. The summed E-state index contributed by atoms with van der Waals surface area (Å²) in [7, 11) is 0. The minimum absolute atomic E-state index is 0. The fourth-order valence-electron chi connectivity index (χ4n) is 4.89.